The fourth-order valence-electron chi connectivity index (χ4n) is 0.787. The van der Waals surface area contributed by atoms with E-state index in [2.05, 4.69) is 4.98 Å². The van der Waals surface area contributed by atoms with Gasteiger partial charge in [0.2, 0.25) is 5.95 Å². The number of aromatic nitrogens is 1. The van der Waals surface area contributed by atoms with Crippen molar-refractivity contribution in [3.05, 3.63) is 28.3 Å². The van der Waals surface area contributed by atoms with Gasteiger partial charge in [-0.3, -0.25) is 0 Å². The lowest BCUT2D eigenvalue weighted by molar-refractivity contribution is 0.150. The quantitative estimate of drug-likeness (QED) is 0.628. The predicted octanol–water partition coefficient (Wildman–Crippen LogP) is 3.12. The van der Waals surface area contributed by atoms with Crippen LogP contribution in [0.25, 0.3) is 0 Å². The van der Waals surface area contributed by atoms with Crippen molar-refractivity contribution in [2.24, 2.45) is 0 Å². The molecule has 0 amide bonds. The molecule has 1 nitrogen and oxygen atoms in total. The van der Waals surface area contributed by atoms with Crippen molar-refractivity contribution in [3.63, 3.8) is 0 Å². The van der Waals surface area contributed by atoms with Crippen LogP contribution in [0.2, 0.25) is 5.02 Å². The van der Waals surface area contributed by atoms with E-state index in [-0.39, 0.29) is 16.3 Å². The van der Waals surface area contributed by atoms with Crippen molar-refractivity contribution in [1.29, 1.82) is 0 Å². The Morgan fingerprint density at radius 3 is 2.58 bits per heavy atom. The van der Waals surface area contributed by atoms with Crippen molar-refractivity contribution in [1.82, 2.24) is 4.98 Å². The SMILES string of the molecule is Cc1nc(F)c(Cl)cc1C(F)F. The zero-order valence-electron chi connectivity index (χ0n) is 6.11. The molecule has 0 aliphatic heterocycles. The van der Waals surface area contributed by atoms with Crippen LogP contribution in [0, 0.1) is 12.9 Å². The highest BCUT2D eigenvalue weighted by Crippen LogP contribution is 2.25. The van der Waals surface area contributed by atoms with Crippen molar-refractivity contribution in [2.45, 2.75) is 13.3 Å². The first-order valence-electron chi connectivity index (χ1n) is 3.13. The van der Waals surface area contributed by atoms with E-state index < -0.39 is 12.4 Å². The van der Waals surface area contributed by atoms with Crippen LogP contribution in [-0.2, 0) is 0 Å². The van der Waals surface area contributed by atoms with Crippen molar-refractivity contribution in [2.75, 3.05) is 0 Å². The topological polar surface area (TPSA) is 12.9 Å². The molecule has 1 aromatic heterocycles. The third kappa shape index (κ3) is 1.69. The van der Waals surface area contributed by atoms with Gasteiger partial charge in [-0.15, -0.1) is 0 Å². The number of pyridine rings is 1. The minimum atomic E-state index is -2.67. The fourth-order valence-corrected chi connectivity index (χ4v) is 0.946. The number of alkyl halides is 2. The largest absolute Gasteiger partial charge is 0.265 e. The number of hydrogen-bond donors (Lipinski definition) is 0. The van der Waals surface area contributed by atoms with E-state index in [0.717, 1.165) is 6.07 Å². The first kappa shape index (κ1) is 9.32. The maximum Gasteiger partial charge on any atom is 0.265 e. The molecule has 12 heavy (non-hydrogen) atoms. The van der Waals surface area contributed by atoms with Gasteiger partial charge in [0.05, 0.1) is 5.02 Å². The second kappa shape index (κ2) is 3.31. The lowest BCUT2D eigenvalue weighted by Crippen LogP contribution is -1.96. The molecule has 0 saturated carbocycles. The molecule has 0 spiro atoms. The maximum atomic E-state index is 12.5. The zero-order chi connectivity index (χ0) is 9.30. The Balaban J connectivity index is 3.23. The number of nitrogens with zero attached hydrogens (tertiary/aromatic N) is 1. The number of aryl methyl sites for hydroxylation is 1. The van der Waals surface area contributed by atoms with Gasteiger partial charge < -0.3 is 0 Å². The molecule has 5 heteroatoms. The van der Waals surface area contributed by atoms with Crippen LogP contribution in [0.15, 0.2) is 6.07 Å². The van der Waals surface area contributed by atoms with E-state index in [9.17, 15) is 13.2 Å². The summed E-state index contributed by atoms with van der Waals surface area (Å²) in [4.78, 5) is 3.22. The summed E-state index contributed by atoms with van der Waals surface area (Å²) in [7, 11) is 0. The molecule has 0 radical (unpaired) electrons. The van der Waals surface area contributed by atoms with E-state index in [4.69, 9.17) is 11.6 Å². The first-order valence-corrected chi connectivity index (χ1v) is 3.51. The predicted molar refractivity (Wildman–Crippen MR) is 38.9 cm³/mol. The molecule has 66 valence electrons. The van der Waals surface area contributed by atoms with E-state index >= 15 is 0 Å². The van der Waals surface area contributed by atoms with Gasteiger partial charge in [-0.2, -0.15) is 4.39 Å². The van der Waals surface area contributed by atoms with Gasteiger partial charge in [-0.25, -0.2) is 13.8 Å². The van der Waals surface area contributed by atoms with Gasteiger partial charge in [0.25, 0.3) is 6.43 Å². The third-order valence-corrected chi connectivity index (χ3v) is 1.66. The normalized spacial score (nSPS) is 10.8. The Hall–Kier alpha value is -0.770. The Morgan fingerprint density at radius 1 is 1.50 bits per heavy atom. The number of rotatable bonds is 1. The molecule has 0 fully saturated rings. The van der Waals surface area contributed by atoms with Crippen LogP contribution in [0.4, 0.5) is 13.2 Å². The fraction of sp³-hybridized carbons (Fsp3) is 0.286. The standard InChI is InChI=1S/C7H5ClF3N/c1-3-4(6(9)10)2-5(8)7(11)12-3/h2,6H,1H3. The highest BCUT2D eigenvalue weighted by Gasteiger charge is 2.14. The van der Waals surface area contributed by atoms with E-state index in [1.54, 1.807) is 0 Å². The van der Waals surface area contributed by atoms with Gasteiger partial charge in [0, 0.05) is 11.3 Å². The molecule has 0 aliphatic carbocycles. The highest BCUT2D eigenvalue weighted by molar-refractivity contribution is 6.30. The summed E-state index contributed by atoms with van der Waals surface area (Å²) < 4.78 is 36.8. The third-order valence-electron chi connectivity index (χ3n) is 1.40. The molecule has 0 aromatic carbocycles. The molecule has 0 N–H and O–H groups in total. The summed E-state index contributed by atoms with van der Waals surface area (Å²) in [6.07, 6.45) is -2.67. The molecular weight excluding hydrogens is 191 g/mol. The van der Waals surface area contributed by atoms with Crippen LogP contribution in [0.3, 0.4) is 0 Å². The molecule has 1 rings (SSSR count). The summed E-state index contributed by atoms with van der Waals surface area (Å²) in [6, 6.07) is 0.893. The Bertz CT molecular complexity index is 301. The average Bonchev–Trinajstić information content (AvgIpc) is 1.96. The summed E-state index contributed by atoms with van der Waals surface area (Å²) >= 11 is 5.26. The molecule has 0 saturated heterocycles. The first-order chi connectivity index (χ1) is 5.52. The minimum Gasteiger partial charge on any atom is -0.223 e. The Morgan fingerprint density at radius 2 is 2.08 bits per heavy atom. The molecular formula is C7H5ClF3N. The van der Waals surface area contributed by atoms with E-state index in [1.165, 1.54) is 6.92 Å². The van der Waals surface area contributed by atoms with Crippen LogP contribution < -0.4 is 0 Å². The average molecular weight is 196 g/mol. The molecule has 0 aliphatic rings. The van der Waals surface area contributed by atoms with E-state index in [1.807, 2.05) is 0 Å². The number of halogens is 4. The lowest BCUT2D eigenvalue weighted by atomic mass is 10.2. The smallest absolute Gasteiger partial charge is 0.223 e. The summed E-state index contributed by atoms with van der Waals surface area (Å²) in [6.45, 7) is 1.31. The summed E-state index contributed by atoms with van der Waals surface area (Å²) in [5.41, 5.74) is -0.367. The highest BCUT2D eigenvalue weighted by atomic mass is 35.5. The lowest BCUT2D eigenvalue weighted by Gasteiger charge is -2.03. The summed E-state index contributed by atoms with van der Waals surface area (Å²) in [5, 5.41) is -0.379. The molecule has 1 heterocycles. The molecule has 0 atom stereocenters. The minimum absolute atomic E-state index is 0.0353. The van der Waals surface area contributed by atoms with Crippen LogP contribution in [0.5, 0.6) is 0 Å². The van der Waals surface area contributed by atoms with Crippen molar-refractivity contribution < 1.29 is 13.2 Å². The van der Waals surface area contributed by atoms with Gasteiger partial charge in [-0.05, 0) is 13.0 Å². The second-order valence-electron chi connectivity index (χ2n) is 2.24. The maximum absolute atomic E-state index is 12.5. The van der Waals surface area contributed by atoms with E-state index in [0.29, 0.717) is 0 Å². The monoisotopic (exact) mass is 195 g/mol. The van der Waals surface area contributed by atoms with Crippen LogP contribution in [-0.4, -0.2) is 4.98 Å². The molecule has 1 aromatic rings. The van der Waals surface area contributed by atoms with Gasteiger partial charge in [-0.1, -0.05) is 11.6 Å². The van der Waals surface area contributed by atoms with Gasteiger partial charge >= 0.3 is 0 Å². The second-order valence-corrected chi connectivity index (χ2v) is 2.64. The Kier molecular flexibility index (Phi) is 2.57. The van der Waals surface area contributed by atoms with Crippen molar-refractivity contribution >= 4 is 11.6 Å². The summed E-state index contributed by atoms with van der Waals surface area (Å²) in [5.74, 6) is -0.918. The zero-order valence-corrected chi connectivity index (χ0v) is 6.87. The van der Waals surface area contributed by atoms with Gasteiger partial charge in [0.1, 0.15) is 0 Å². The Labute approximate surface area is 72.2 Å². The van der Waals surface area contributed by atoms with Crippen LogP contribution in [0.1, 0.15) is 17.7 Å². The van der Waals surface area contributed by atoms with Crippen molar-refractivity contribution in [3.8, 4) is 0 Å². The molecule has 0 bridgehead atoms. The van der Waals surface area contributed by atoms with Gasteiger partial charge in [0.15, 0.2) is 0 Å². The van der Waals surface area contributed by atoms with Crippen LogP contribution >= 0.6 is 11.6 Å². The molecule has 0 unspecified atom stereocenters. The number of hydrogen-bond acceptors (Lipinski definition) is 1.